The molecule has 0 spiro atoms. The molecule has 1 atom stereocenters. The third-order valence-electron chi connectivity index (χ3n) is 3.66. The van der Waals surface area contributed by atoms with Crippen LogP contribution in [-0.2, 0) is 10.5 Å². The van der Waals surface area contributed by atoms with Gasteiger partial charge in [0.15, 0.2) is 0 Å². The van der Waals surface area contributed by atoms with Crippen molar-refractivity contribution in [3.8, 4) is 0 Å². The molecule has 0 saturated heterocycles. The summed E-state index contributed by atoms with van der Waals surface area (Å²) >= 11 is 1.96. The molecule has 1 aliphatic heterocycles. The van der Waals surface area contributed by atoms with E-state index < -0.39 is 0 Å². The van der Waals surface area contributed by atoms with E-state index in [1.54, 1.807) is 0 Å². The lowest BCUT2D eigenvalue weighted by atomic mass is 10.0. The maximum atomic E-state index is 11.6. The van der Waals surface area contributed by atoms with Crippen molar-refractivity contribution >= 4 is 17.7 Å². The SMILES string of the molecule is O=C(CCNC1CSCc2ccccc21)NC1CC1. The fraction of sp³-hybridized carbons (Fsp3) is 0.533. The molecule has 1 fully saturated rings. The van der Waals surface area contributed by atoms with Gasteiger partial charge in [0.05, 0.1) is 0 Å². The van der Waals surface area contributed by atoms with Crippen LogP contribution in [0, 0.1) is 0 Å². The number of amides is 1. The Morgan fingerprint density at radius 3 is 3.00 bits per heavy atom. The topological polar surface area (TPSA) is 41.1 Å². The van der Waals surface area contributed by atoms with Gasteiger partial charge in [-0.2, -0.15) is 11.8 Å². The van der Waals surface area contributed by atoms with E-state index in [9.17, 15) is 4.79 Å². The fourth-order valence-corrected chi connectivity index (χ4v) is 3.57. The summed E-state index contributed by atoms with van der Waals surface area (Å²) in [4.78, 5) is 11.6. The zero-order valence-electron chi connectivity index (χ0n) is 11.0. The van der Waals surface area contributed by atoms with Crippen molar-refractivity contribution < 1.29 is 4.79 Å². The van der Waals surface area contributed by atoms with Crippen LogP contribution >= 0.6 is 11.8 Å². The van der Waals surface area contributed by atoms with Gasteiger partial charge in [-0.15, -0.1) is 0 Å². The highest BCUT2D eigenvalue weighted by Crippen LogP contribution is 2.31. The maximum Gasteiger partial charge on any atom is 0.221 e. The number of nitrogens with one attached hydrogen (secondary N) is 2. The standard InChI is InChI=1S/C15H20N2OS/c18-15(17-12-5-6-12)7-8-16-14-10-19-9-11-3-1-2-4-13(11)14/h1-4,12,14,16H,5-10H2,(H,17,18). The molecule has 1 aromatic rings. The van der Waals surface area contributed by atoms with Crippen molar-refractivity contribution in [2.24, 2.45) is 0 Å². The third-order valence-corrected chi connectivity index (χ3v) is 4.74. The maximum absolute atomic E-state index is 11.6. The Balaban J connectivity index is 1.49. The smallest absolute Gasteiger partial charge is 0.221 e. The monoisotopic (exact) mass is 276 g/mol. The lowest BCUT2D eigenvalue weighted by Gasteiger charge is -2.26. The normalized spacial score (nSPS) is 21.8. The highest BCUT2D eigenvalue weighted by Gasteiger charge is 2.23. The van der Waals surface area contributed by atoms with Crippen molar-refractivity contribution in [3.63, 3.8) is 0 Å². The molecule has 3 rings (SSSR count). The lowest BCUT2D eigenvalue weighted by Crippen LogP contribution is -2.32. The Hall–Kier alpha value is -1.00. The zero-order chi connectivity index (χ0) is 13.1. The first-order chi connectivity index (χ1) is 9.33. The Bertz CT molecular complexity index is 459. The van der Waals surface area contributed by atoms with E-state index in [-0.39, 0.29) is 5.91 Å². The number of carbonyl (C=O) groups excluding carboxylic acids is 1. The summed E-state index contributed by atoms with van der Waals surface area (Å²) < 4.78 is 0. The van der Waals surface area contributed by atoms with Crippen LogP contribution in [-0.4, -0.2) is 24.2 Å². The number of carbonyl (C=O) groups is 1. The van der Waals surface area contributed by atoms with Crippen LogP contribution in [0.25, 0.3) is 0 Å². The molecule has 19 heavy (non-hydrogen) atoms. The first kappa shape index (κ1) is 13.0. The van der Waals surface area contributed by atoms with Gasteiger partial charge in [0.2, 0.25) is 5.91 Å². The summed E-state index contributed by atoms with van der Waals surface area (Å²) in [6.07, 6.45) is 2.90. The van der Waals surface area contributed by atoms with E-state index in [2.05, 4.69) is 34.9 Å². The Kier molecular flexibility index (Phi) is 4.09. The van der Waals surface area contributed by atoms with Crippen LogP contribution in [0.4, 0.5) is 0 Å². The Morgan fingerprint density at radius 2 is 2.16 bits per heavy atom. The molecule has 1 aliphatic carbocycles. The first-order valence-electron chi connectivity index (χ1n) is 7.01. The second-order valence-corrected chi connectivity index (χ2v) is 6.34. The minimum absolute atomic E-state index is 0.187. The minimum Gasteiger partial charge on any atom is -0.353 e. The summed E-state index contributed by atoms with van der Waals surface area (Å²) in [7, 11) is 0. The predicted molar refractivity (Wildman–Crippen MR) is 79.1 cm³/mol. The van der Waals surface area contributed by atoms with Crippen LogP contribution in [0.15, 0.2) is 24.3 Å². The van der Waals surface area contributed by atoms with Crippen LogP contribution in [0.3, 0.4) is 0 Å². The quantitative estimate of drug-likeness (QED) is 0.866. The summed E-state index contributed by atoms with van der Waals surface area (Å²) in [5.41, 5.74) is 2.84. The molecule has 0 bridgehead atoms. The molecular weight excluding hydrogens is 256 g/mol. The van der Waals surface area contributed by atoms with Crippen LogP contribution in [0.1, 0.15) is 36.4 Å². The van der Waals surface area contributed by atoms with Gasteiger partial charge in [0.1, 0.15) is 0 Å². The van der Waals surface area contributed by atoms with Gasteiger partial charge in [-0.1, -0.05) is 24.3 Å². The highest BCUT2D eigenvalue weighted by atomic mass is 32.2. The average molecular weight is 276 g/mol. The van der Waals surface area contributed by atoms with Crippen molar-refractivity contribution in [2.45, 2.75) is 37.1 Å². The zero-order valence-corrected chi connectivity index (χ0v) is 11.8. The number of hydrogen-bond donors (Lipinski definition) is 2. The van der Waals surface area contributed by atoms with Crippen molar-refractivity contribution in [2.75, 3.05) is 12.3 Å². The predicted octanol–water partition coefficient (Wildman–Crippen LogP) is 2.23. The molecule has 1 saturated carbocycles. The molecule has 1 unspecified atom stereocenters. The van der Waals surface area contributed by atoms with Gasteiger partial charge in [0.25, 0.3) is 0 Å². The first-order valence-corrected chi connectivity index (χ1v) is 8.16. The molecular formula is C15H20N2OS. The van der Waals surface area contributed by atoms with Crippen molar-refractivity contribution in [1.82, 2.24) is 10.6 Å². The van der Waals surface area contributed by atoms with Crippen LogP contribution in [0.5, 0.6) is 0 Å². The number of benzene rings is 1. The van der Waals surface area contributed by atoms with Gasteiger partial charge < -0.3 is 10.6 Å². The molecule has 1 amide bonds. The molecule has 3 nitrogen and oxygen atoms in total. The van der Waals surface area contributed by atoms with Gasteiger partial charge in [0, 0.05) is 36.6 Å². The van der Waals surface area contributed by atoms with E-state index in [0.29, 0.717) is 18.5 Å². The van der Waals surface area contributed by atoms with Gasteiger partial charge >= 0.3 is 0 Å². The molecule has 0 radical (unpaired) electrons. The van der Waals surface area contributed by atoms with Gasteiger partial charge in [-0.25, -0.2) is 0 Å². The number of thioether (sulfide) groups is 1. The third kappa shape index (κ3) is 3.51. The van der Waals surface area contributed by atoms with Crippen molar-refractivity contribution in [1.29, 1.82) is 0 Å². The molecule has 0 aromatic heterocycles. The molecule has 1 heterocycles. The van der Waals surface area contributed by atoms with E-state index in [0.717, 1.165) is 30.9 Å². The lowest BCUT2D eigenvalue weighted by molar-refractivity contribution is -0.121. The van der Waals surface area contributed by atoms with E-state index >= 15 is 0 Å². The molecule has 4 heteroatoms. The summed E-state index contributed by atoms with van der Waals surface area (Å²) in [6.45, 7) is 0.762. The summed E-state index contributed by atoms with van der Waals surface area (Å²) in [5, 5.41) is 6.55. The minimum atomic E-state index is 0.187. The molecule has 2 aliphatic rings. The fourth-order valence-electron chi connectivity index (χ4n) is 2.44. The second-order valence-electron chi connectivity index (χ2n) is 5.31. The number of hydrogen-bond acceptors (Lipinski definition) is 3. The van der Waals surface area contributed by atoms with Crippen molar-refractivity contribution in [3.05, 3.63) is 35.4 Å². The van der Waals surface area contributed by atoms with E-state index in [1.165, 1.54) is 11.1 Å². The van der Waals surface area contributed by atoms with Crippen LogP contribution < -0.4 is 10.6 Å². The van der Waals surface area contributed by atoms with E-state index in [1.807, 2.05) is 11.8 Å². The summed E-state index contributed by atoms with van der Waals surface area (Å²) in [5.74, 6) is 2.39. The number of fused-ring (bicyclic) bond motifs is 1. The molecule has 102 valence electrons. The second kappa shape index (κ2) is 5.97. The van der Waals surface area contributed by atoms with Crippen LogP contribution in [0.2, 0.25) is 0 Å². The Labute approximate surface area is 118 Å². The number of rotatable bonds is 5. The Morgan fingerprint density at radius 1 is 1.32 bits per heavy atom. The van der Waals surface area contributed by atoms with Gasteiger partial charge in [-0.3, -0.25) is 4.79 Å². The molecule has 1 aromatic carbocycles. The summed E-state index contributed by atoms with van der Waals surface area (Å²) in [6, 6.07) is 9.48. The largest absolute Gasteiger partial charge is 0.353 e. The highest BCUT2D eigenvalue weighted by molar-refractivity contribution is 7.98. The van der Waals surface area contributed by atoms with Gasteiger partial charge in [-0.05, 0) is 24.0 Å². The average Bonchev–Trinajstić information content (AvgIpc) is 3.23. The molecule has 2 N–H and O–H groups in total. The van der Waals surface area contributed by atoms with E-state index in [4.69, 9.17) is 0 Å².